The van der Waals surface area contributed by atoms with Crippen LogP contribution in [-0.2, 0) is 10.0 Å². The molecular formula is C15H21N3O2S. The maximum absolute atomic E-state index is 13.0. The Morgan fingerprint density at radius 3 is 2.81 bits per heavy atom. The molecule has 114 valence electrons. The molecule has 6 heteroatoms. The molecule has 0 aliphatic carbocycles. The smallest absolute Gasteiger partial charge is 0.243 e. The van der Waals surface area contributed by atoms with E-state index in [1.54, 1.807) is 23.4 Å². The second-order valence-electron chi connectivity index (χ2n) is 5.35. The summed E-state index contributed by atoms with van der Waals surface area (Å²) in [6.07, 6.45) is 1.60. The number of nitriles is 1. The molecule has 1 aromatic carbocycles. The van der Waals surface area contributed by atoms with Gasteiger partial charge in [-0.2, -0.15) is 9.57 Å². The summed E-state index contributed by atoms with van der Waals surface area (Å²) in [5.41, 5.74) is 1.06. The van der Waals surface area contributed by atoms with Gasteiger partial charge in [-0.1, -0.05) is 13.0 Å². The molecule has 1 saturated heterocycles. The van der Waals surface area contributed by atoms with E-state index in [2.05, 4.69) is 5.32 Å². The van der Waals surface area contributed by atoms with Crippen molar-refractivity contribution >= 4 is 10.0 Å². The average Bonchev–Trinajstić information content (AvgIpc) is 2.98. The molecule has 0 radical (unpaired) electrons. The first kappa shape index (κ1) is 16.0. The first-order valence-electron chi connectivity index (χ1n) is 7.24. The van der Waals surface area contributed by atoms with Crippen LogP contribution in [0.5, 0.6) is 0 Å². The third kappa shape index (κ3) is 3.26. The average molecular weight is 307 g/mol. The van der Waals surface area contributed by atoms with Crippen molar-refractivity contribution in [2.75, 3.05) is 19.6 Å². The van der Waals surface area contributed by atoms with Gasteiger partial charge in [-0.15, -0.1) is 0 Å². The molecule has 1 N–H and O–H groups in total. The quantitative estimate of drug-likeness (QED) is 0.897. The minimum atomic E-state index is -3.57. The van der Waals surface area contributed by atoms with Crippen LogP contribution < -0.4 is 5.32 Å². The fourth-order valence-electron chi connectivity index (χ4n) is 2.68. The highest BCUT2D eigenvalue weighted by atomic mass is 32.2. The van der Waals surface area contributed by atoms with Gasteiger partial charge in [-0.3, -0.25) is 0 Å². The number of hydrogen-bond acceptors (Lipinski definition) is 4. The van der Waals surface area contributed by atoms with Crippen LogP contribution in [0.25, 0.3) is 0 Å². The van der Waals surface area contributed by atoms with Crippen molar-refractivity contribution in [2.24, 2.45) is 0 Å². The molecule has 0 saturated carbocycles. The van der Waals surface area contributed by atoms with Crippen molar-refractivity contribution in [3.8, 4) is 6.07 Å². The minimum absolute atomic E-state index is 0.0000850. The van der Waals surface area contributed by atoms with Crippen LogP contribution in [0.3, 0.4) is 0 Å². The third-order valence-corrected chi connectivity index (χ3v) is 5.88. The fourth-order valence-corrected chi connectivity index (χ4v) is 4.68. The van der Waals surface area contributed by atoms with Crippen LogP contribution >= 0.6 is 0 Å². The Bertz CT molecular complexity index is 643. The van der Waals surface area contributed by atoms with Gasteiger partial charge in [0.15, 0.2) is 0 Å². The second kappa shape index (κ2) is 6.56. The Balaban J connectivity index is 2.45. The molecule has 1 unspecified atom stereocenters. The van der Waals surface area contributed by atoms with Gasteiger partial charge in [0.05, 0.1) is 16.5 Å². The molecule has 2 rings (SSSR count). The zero-order valence-corrected chi connectivity index (χ0v) is 13.3. The van der Waals surface area contributed by atoms with Gasteiger partial charge < -0.3 is 5.32 Å². The summed E-state index contributed by atoms with van der Waals surface area (Å²) < 4.78 is 27.6. The summed E-state index contributed by atoms with van der Waals surface area (Å²) in [6, 6.07) is 6.84. The number of sulfonamides is 1. The van der Waals surface area contributed by atoms with E-state index in [0.717, 1.165) is 19.4 Å². The first-order valence-corrected chi connectivity index (χ1v) is 8.68. The summed E-state index contributed by atoms with van der Waals surface area (Å²) in [4.78, 5) is 0.252. The van der Waals surface area contributed by atoms with Gasteiger partial charge in [-0.05, 0) is 44.0 Å². The molecule has 1 aliphatic heterocycles. The summed E-state index contributed by atoms with van der Waals surface area (Å²) in [5, 5.41) is 12.2. The van der Waals surface area contributed by atoms with E-state index in [0.29, 0.717) is 24.2 Å². The summed E-state index contributed by atoms with van der Waals surface area (Å²) in [6.45, 7) is 5.78. The number of nitrogens with one attached hydrogen (secondary N) is 1. The molecule has 21 heavy (non-hydrogen) atoms. The zero-order chi connectivity index (χ0) is 15.5. The van der Waals surface area contributed by atoms with Crippen LogP contribution in [0.4, 0.5) is 0 Å². The monoisotopic (exact) mass is 307 g/mol. The highest BCUT2D eigenvalue weighted by Crippen LogP contribution is 2.25. The maximum atomic E-state index is 13.0. The number of hydrogen-bond donors (Lipinski definition) is 1. The second-order valence-corrected chi connectivity index (χ2v) is 7.21. The van der Waals surface area contributed by atoms with E-state index in [9.17, 15) is 8.42 Å². The Labute approximate surface area is 126 Å². The number of aryl methyl sites for hydroxylation is 1. The van der Waals surface area contributed by atoms with Crippen molar-refractivity contribution in [1.82, 2.24) is 9.62 Å². The summed E-state index contributed by atoms with van der Waals surface area (Å²) in [5.74, 6) is 0. The Morgan fingerprint density at radius 1 is 1.48 bits per heavy atom. The molecular weight excluding hydrogens is 286 g/mol. The normalized spacial score (nSPS) is 18.9. The van der Waals surface area contributed by atoms with Crippen molar-refractivity contribution < 1.29 is 8.42 Å². The van der Waals surface area contributed by atoms with Crippen molar-refractivity contribution in [3.05, 3.63) is 29.3 Å². The minimum Gasteiger partial charge on any atom is -0.315 e. The number of rotatable bonds is 5. The summed E-state index contributed by atoms with van der Waals surface area (Å²) in [7, 11) is -3.57. The fraction of sp³-hybridized carbons (Fsp3) is 0.533. The van der Waals surface area contributed by atoms with E-state index in [4.69, 9.17) is 5.26 Å². The van der Waals surface area contributed by atoms with Crippen LogP contribution in [0.1, 0.15) is 30.9 Å². The Hall–Kier alpha value is -1.42. The molecule has 1 atom stereocenters. The standard InChI is InChI=1S/C15H21N3O2S/c1-3-8-18(14-6-7-17-11-14)21(19,20)15-9-13(10-16)5-4-12(15)2/h4-5,9,14,17H,3,6-8,11H2,1-2H3. The van der Waals surface area contributed by atoms with Crippen molar-refractivity contribution in [3.63, 3.8) is 0 Å². The molecule has 1 aliphatic rings. The highest BCUT2D eigenvalue weighted by molar-refractivity contribution is 7.89. The van der Waals surface area contributed by atoms with Crippen LogP contribution in [0.15, 0.2) is 23.1 Å². The predicted octanol–water partition coefficient (Wildman–Crippen LogP) is 1.63. The lowest BCUT2D eigenvalue weighted by molar-refractivity contribution is 0.335. The SMILES string of the molecule is CCCN(C1CCNC1)S(=O)(=O)c1cc(C#N)ccc1C. The van der Waals surface area contributed by atoms with Gasteiger partial charge in [0, 0.05) is 19.1 Å². The van der Waals surface area contributed by atoms with Crippen LogP contribution in [0, 0.1) is 18.3 Å². The van der Waals surface area contributed by atoms with E-state index < -0.39 is 10.0 Å². The van der Waals surface area contributed by atoms with Crippen LogP contribution in [-0.4, -0.2) is 38.4 Å². The number of nitrogens with zero attached hydrogens (tertiary/aromatic N) is 2. The van der Waals surface area contributed by atoms with Crippen molar-refractivity contribution in [2.45, 2.75) is 37.6 Å². The van der Waals surface area contributed by atoms with Gasteiger partial charge >= 0.3 is 0 Å². The topological polar surface area (TPSA) is 73.2 Å². The van der Waals surface area contributed by atoms with E-state index in [-0.39, 0.29) is 10.9 Å². The molecule has 1 heterocycles. The van der Waals surface area contributed by atoms with Gasteiger partial charge in [-0.25, -0.2) is 8.42 Å². The van der Waals surface area contributed by atoms with E-state index in [1.807, 2.05) is 13.0 Å². The van der Waals surface area contributed by atoms with Gasteiger partial charge in [0.25, 0.3) is 0 Å². The largest absolute Gasteiger partial charge is 0.315 e. The molecule has 5 nitrogen and oxygen atoms in total. The molecule has 0 bridgehead atoms. The van der Waals surface area contributed by atoms with Gasteiger partial charge in [0.1, 0.15) is 0 Å². The third-order valence-electron chi connectivity index (χ3n) is 3.79. The lowest BCUT2D eigenvalue weighted by atomic mass is 10.2. The lowest BCUT2D eigenvalue weighted by Crippen LogP contribution is -2.42. The zero-order valence-electron chi connectivity index (χ0n) is 12.5. The van der Waals surface area contributed by atoms with E-state index in [1.165, 1.54) is 6.07 Å². The molecule has 0 amide bonds. The van der Waals surface area contributed by atoms with Crippen molar-refractivity contribution in [1.29, 1.82) is 5.26 Å². The summed E-state index contributed by atoms with van der Waals surface area (Å²) >= 11 is 0. The van der Waals surface area contributed by atoms with E-state index >= 15 is 0 Å². The van der Waals surface area contributed by atoms with Crippen LogP contribution in [0.2, 0.25) is 0 Å². The molecule has 0 aromatic heterocycles. The predicted molar refractivity (Wildman–Crippen MR) is 81.4 cm³/mol. The highest BCUT2D eigenvalue weighted by Gasteiger charge is 2.33. The molecule has 0 spiro atoms. The number of benzene rings is 1. The molecule has 1 fully saturated rings. The Kier molecular flexibility index (Phi) is 4.99. The maximum Gasteiger partial charge on any atom is 0.243 e. The molecule has 1 aromatic rings. The Morgan fingerprint density at radius 2 is 2.24 bits per heavy atom. The van der Waals surface area contributed by atoms with Gasteiger partial charge in [0.2, 0.25) is 10.0 Å². The first-order chi connectivity index (χ1) is 10.0. The lowest BCUT2D eigenvalue weighted by Gasteiger charge is -2.28.